The molecule has 2 aliphatic rings. The molecule has 140 valence electrons. The number of piperidine rings is 1. The lowest BCUT2D eigenvalue weighted by Crippen LogP contribution is -2.46. The van der Waals surface area contributed by atoms with E-state index in [-0.39, 0.29) is 30.0 Å². The van der Waals surface area contributed by atoms with Crippen LogP contribution in [-0.2, 0) is 9.53 Å². The topological polar surface area (TPSA) is 68.5 Å². The normalized spacial score (nSPS) is 23.4. The monoisotopic (exact) mass is 349 g/mol. The average molecular weight is 349 g/mol. The molecule has 0 N–H and O–H groups in total. The molecule has 1 saturated carbocycles. The lowest BCUT2D eigenvalue weighted by atomic mass is 9.96. The summed E-state index contributed by atoms with van der Waals surface area (Å²) in [6.07, 6.45) is 7.28. The van der Waals surface area contributed by atoms with E-state index in [1.807, 2.05) is 25.7 Å². The van der Waals surface area contributed by atoms with Gasteiger partial charge in [-0.25, -0.2) is 0 Å². The Labute approximate surface area is 150 Å². The average Bonchev–Trinajstić information content (AvgIpc) is 3.31. The van der Waals surface area contributed by atoms with Crippen molar-refractivity contribution < 1.29 is 14.1 Å². The van der Waals surface area contributed by atoms with Gasteiger partial charge in [-0.2, -0.15) is 4.98 Å². The standard InChI is InChI=1S/C19H31N3O3/c1-4-16(24-15-9-5-6-10-15)19(23)22-11-7-8-14(12-22)17-20-18(13(2)3)25-21-17/h13-16H,4-12H2,1-3H3/t14-,16-/m0/s1. The molecule has 1 aliphatic heterocycles. The number of hydrogen-bond donors (Lipinski definition) is 0. The Morgan fingerprint density at radius 3 is 2.68 bits per heavy atom. The number of rotatable bonds is 6. The summed E-state index contributed by atoms with van der Waals surface area (Å²) in [6.45, 7) is 7.59. The summed E-state index contributed by atoms with van der Waals surface area (Å²) in [7, 11) is 0. The van der Waals surface area contributed by atoms with Gasteiger partial charge in [-0.1, -0.05) is 38.8 Å². The van der Waals surface area contributed by atoms with Crippen molar-refractivity contribution in [2.45, 2.75) is 89.8 Å². The Morgan fingerprint density at radius 2 is 2.04 bits per heavy atom. The fraction of sp³-hybridized carbons (Fsp3) is 0.842. The van der Waals surface area contributed by atoms with E-state index in [4.69, 9.17) is 9.26 Å². The van der Waals surface area contributed by atoms with Crippen LogP contribution in [0.15, 0.2) is 4.52 Å². The van der Waals surface area contributed by atoms with Crippen LogP contribution in [0.3, 0.4) is 0 Å². The van der Waals surface area contributed by atoms with Crippen molar-refractivity contribution in [1.82, 2.24) is 15.0 Å². The maximum atomic E-state index is 12.9. The predicted octanol–water partition coefficient (Wildman–Crippen LogP) is 3.64. The largest absolute Gasteiger partial charge is 0.365 e. The molecule has 6 nitrogen and oxygen atoms in total. The van der Waals surface area contributed by atoms with Crippen molar-refractivity contribution in [3.8, 4) is 0 Å². The first-order chi connectivity index (χ1) is 12.1. The first-order valence-corrected chi connectivity index (χ1v) is 9.86. The molecule has 6 heteroatoms. The van der Waals surface area contributed by atoms with E-state index in [1.165, 1.54) is 12.8 Å². The number of amides is 1. The molecule has 2 fully saturated rings. The molecule has 0 aromatic carbocycles. The highest BCUT2D eigenvalue weighted by molar-refractivity contribution is 5.81. The van der Waals surface area contributed by atoms with Crippen LogP contribution in [0.2, 0.25) is 0 Å². The summed E-state index contributed by atoms with van der Waals surface area (Å²) in [5.74, 6) is 1.94. The second-order valence-electron chi connectivity index (χ2n) is 7.71. The van der Waals surface area contributed by atoms with Crippen molar-refractivity contribution in [1.29, 1.82) is 0 Å². The van der Waals surface area contributed by atoms with E-state index in [9.17, 15) is 4.79 Å². The number of carbonyl (C=O) groups excluding carboxylic acids is 1. The third-order valence-electron chi connectivity index (χ3n) is 5.35. The molecular weight excluding hydrogens is 318 g/mol. The van der Waals surface area contributed by atoms with Crippen molar-refractivity contribution in [3.05, 3.63) is 11.7 Å². The zero-order valence-electron chi connectivity index (χ0n) is 15.7. The first kappa shape index (κ1) is 18.4. The Morgan fingerprint density at radius 1 is 1.28 bits per heavy atom. The minimum absolute atomic E-state index is 0.131. The third-order valence-corrected chi connectivity index (χ3v) is 5.35. The Balaban J connectivity index is 1.61. The van der Waals surface area contributed by atoms with E-state index in [1.54, 1.807) is 0 Å². The summed E-state index contributed by atoms with van der Waals surface area (Å²) >= 11 is 0. The summed E-state index contributed by atoms with van der Waals surface area (Å²) in [6, 6.07) is 0. The van der Waals surface area contributed by atoms with Gasteiger partial charge in [-0.05, 0) is 32.1 Å². The highest BCUT2D eigenvalue weighted by Crippen LogP contribution is 2.28. The van der Waals surface area contributed by atoms with Gasteiger partial charge < -0.3 is 14.2 Å². The Hall–Kier alpha value is -1.43. The molecule has 1 saturated heterocycles. The maximum absolute atomic E-state index is 12.9. The quantitative estimate of drug-likeness (QED) is 0.784. The van der Waals surface area contributed by atoms with E-state index >= 15 is 0 Å². The second-order valence-corrected chi connectivity index (χ2v) is 7.71. The van der Waals surface area contributed by atoms with Gasteiger partial charge in [0.05, 0.1) is 6.10 Å². The second kappa shape index (κ2) is 8.30. The summed E-state index contributed by atoms with van der Waals surface area (Å²) in [4.78, 5) is 19.4. The predicted molar refractivity (Wildman–Crippen MR) is 94.4 cm³/mol. The van der Waals surface area contributed by atoms with Gasteiger partial charge in [0.2, 0.25) is 5.89 Å². The fourth-order valence-corrected chi connectivity index (χ4v) is 3.83. The van der Waals surface area contributed by atoms with Crippen LogP contribution >= 0.6 is 0 Å². The minimum atomic E-state index is -0.307. The molecule has 1 aliphatic carbocycles. The Bertz CT molecular complexity index is 566. The van der Waals surface area contributed by atoms with E-state index in [2.05, 4.69) is 10.1 Å². The van der Waals surface area contributed by atoms with Crippen LogP contribution in [0.5, 0.6) is 0 Å². The van der Waals surface area contributed by atoms with Crippen LogP contribution in [0.4, 0.5) is 0 Å². The van der Waals surface area contributed by atoms with Gasteiger partial charge >= 0.3 is 0 Å². The molecule has 2 heterocycles. The molecule has 1 aromatic rings. The SMILES string of the molecule is CC[C@H](OC1CCCC1)C(=O)N1CCC[C@H](c2noc(C(C)C)n2)C1. The molecule has 2 atom stereocenters. The number of carbonyl (C=O) groups is 1. The highest BCUT2D eigenvalue weighted by Gasteiger charge is 2.33. The molecular formula is C19H31N3O3. The van der Waals surface area contributed by atoms with E-state index in [0.29, 0.717) is 12.4 Å². The molecule has 0 bridgehead atoms. The van der Waals surface area contributed by atoms with Gasteiger partial charge in [-0.3, -0.25) is 4.79 Å². The summed E-state index contributed by atoms with van der Waals surface area (Å²) in [5.41, 5.74) is 0. The van der Waals surface area contributed by atoms with E-state index < -0.39 is 0 Å². The van der Waals surface area contributed by atoms with Gasteiger partial charge in [0.15, 0.2) is 5.82 Å². The smallest absolute Gasteiger partial charge is 0.251 e. The molecule has 0 radical (unpaired) electrons. The molecule has 0 unspecified atom stereocenters. The van der Waals surface area contributed by atoms with Crippen LogP contribution in [0.25, 0.3) is 0 Å². The van der Waals surface area contributed by atoms with E-state index in [0.717, 1.165) is 44.5 Å². The zero-order chi connectivity index (χ0) is 17.8. The molecule has 1 aromatic heterocycles. The van der Waals surface area contributed by atoms with Gasteiger partial charge in [0, 0.05) is 24.9 Å². The molecule has 0 spiro atoms. The van der Waals surface area contributed by atoms with Crippen molar-refractivity contribution >= 4 is 5.91 Å². The molecule has 3 rings (SSSR count). The zero-order valence-corrected chi connectivity index (χ0v) is 15.7. The van der Waals surface area contributed by atoms with Crippen LogP contribution in [0.1, 0.15) is 89.3 Å². The van der Waals surface area contributed by atoms with Gasteiger partial charge in [-0.15, -0.1) is 0 Å². The number of likely N-dealkylation sites (tertiary alicyclic amines) is 1. The summed E-state index contributed by atoms with van der Waals surface area (Å²) in [5, 5.41) is 4.15. The number of ether oxygens (including phenoxy) is 1. The molecule has 1 amide bonds. The Kier molecular flexibility index (Phi) is 6.10. The number of aromatic nitrogens is 2. The highest BCUT2D eigenvalue weighted by atomic mass is 16.5. The van der Waals surface area contributed by atoms with Crippen molar-refractivity contribution in [3.63, 3.8) is 0 Å². The van der Waals surface area contributed by atoms with Crippen molar-refractivity contribution in [2.24, 2.45) is 0 Å². The fourth-order valence-electron chi connectivity index (χ4n) is 3.83. The third kappa shape index (κ3) is 4.40. The lowest BCUT2D eigenvalue weighted by molar-refractivity contribution is -0.149. The number of nitrogens with zero attached hydrogens (tertiary/aromatic N) is 3. The molecule has 25 heavy (non-hydrogen) atoms. The number of hydrogen-bond acceptors (Lipinski definition) is 5. The van der Waals surface area contributed by atoms with Gasteiger partial charge in [0.1, 0.15) is 6.10 Å². The van der Waals surface area contributed by atoms with Crippen molar-refractivity contribution in [2.75, 3.05) is 13.1 Å². The maximum Gasteiger partial charge on any atom is 0.251 e. The van der Waals surface area contributed by atoms with Crippen LogP contribution in [0, 0.1) is 0 Å². The minimum Gasteiger partial charge on any atom is -0.365 e. The summed E-state index contributed by atoms with van der Waals surface area (Å²) < 4.78 is 11.5. The lowest BCUT2D eigenvalue weighted by Gasteiger charge is -2.34. The van der Waals surface area contributed by atoms with Crippen LogP contribution < -0.4 is 0 Å². The van der Waals surface area contributed by atoms with Crippen LogP contribution in [-0.4, -0.2) is 46.2 Å². The first-order valence-electron chi connectivity index (χ1n) is 9.86. The van der Waals surface area contributed by atoms with Gasteiger partial charge in [0.25, 0.3) is 5.91 Å².